The maximum absolute atomic E-state index is 5.28. The molecule has 0 aliphatic heterocycles. The van der Waals surface area contributed by atoms with Crippen molar-refractivity contribution in [3.8, 4) is 11.5 Å². The fourth-order valence-electron chi connectivity index (χ4n) is 3.69. The average molecular weight is 339 g/mol. The zero-order valence-electron chi connectivity index (χ0n) is 15.4. The van der Waals surface area contributed by atoms with Gasteiger partial charge in [-0.2, -0.15) is 0 Å². The van der Waals surface area contributed by atoms with E-state index in [-0.39, 0.29) is 0 Å². The summed E-state index contributed by atoms with van der Waals surface area (Å²) < 4.78 is 10.6. The number of hydrogen-bond donors (Lipinski definition) is 0. The molecule has 134 valence electrons. The van der Waals surface area contributed by atoms with Crippen molar-refractivity contribution in [3.05, 3.63) is 59.7 Å². The summed E-state index contributed by atoms with van der Waals surface area (Å²) in [7, 11) is 3.43. The zero-order chi connectivity index (χ0) is 17.5. The van der Waals surface area contributed by atoms with Crippen molar-refractivity contribution in [3.63, 3.8) is 0 Å². The summed E-state index contributed by atoms with van der Waals surface area (Å²) in [5.74, 6) is 1.84. The number of hydrogen-bond acceptors (Lipinski definition) is 3. The number of ether oxygens (including phenoxy) is 2. The first-order valence-corrected chi connectivity index (χ1v) is 9.28. The lowest BCUT2D eigenvalue weighted by Gasteiger charge is -2.34. The molecule has 0 heterocycles. The predicted octanol–water partition coefficient (Wildman–Crippen LogP) is 5.04. The maximum atomic E-state index is 5.28. The molecule has 25 heavy (non-hydrogen) atoms. The Bertz CT molecular complexity index is 581. The minimum Gasteiger partial charge on any atom is -0.497 e. The van der Waals surface area contributed by atoms with Crippen molar-refractivity contribution < 1.29 is 9.47 Å². The topological polar surface area (TPSA) is 21.7 Å². The third-order valence-corrected chi connectivity index (χ3v) is 5.18. The SMILES string of the molecule is COc1ccc(CN(Cc2ccc(OC)cc2)C2CCCCC2)cc1. The van der Waals surface area contributed by atoms with Gasteiger partial charge in [0.25, 0.3) is 0 Å². The van der Waals surface area contributed by atoms with Gasteiger partial charge >= 0.3 is 0 Å². The van der Waals surface area contributed by atoms with E-state index in [2.05, 4.69) is 53.4 Å². The lowest BCUT2D eigenvalue weighted by Crippen LogP contribution is -2.35. The summed E-state index contributed by atoms with van der Waals surface area (Å²) in [4.78, 5) is 2.64. The second-order valence-corrected chi connectivity index (χ2v) is 6.89. The highest BCUT2D eigenvalue weighted by molar-refractivity contribution is 5.28. The molecule has 3 heteroatoms. The van der Waals surface area contributed by atoms with Crippen LogP contribution >= 0.6 is 0 Å². The number of benzene rings is 2. The molecule has 2 aromatic rings. The first-order chi connectivity index (χ1) is 12.3. The van der Waals surface area contributed by atoms with Crippen LogP contribution in [-0.2, 0) is 13.1 Å². The Morgan fingerprint density at radius 3 is 1.56 bits per heavy atom. The third-order valence-electron chi connectivity index (χ3n) is 5.18. The van der Waals surface area contributed by atoms with Crippen LogP contribution in [0.25, 0.3) is 0 Å². The van der Waals surface area contributed by atoms with Gasteiger partial charge in [-0.25, -0.2) is 0 Å². The molecule has 1 aliphatic carbocycles. The van der Waals surface area contributed by atoms with Gasteiger partial charge in [0, 0.05) is 19.1 Å². The molecular formula is C22H29NO2. The van der Waals surface area contributed by atoms with E-state index >= 15 is 0 Å². The number of nitrogens with zero attached hydrogens (tertiary/aromatic N) is 1. The van der Waals surface area contributed by atoms with Crippen LogP contribution in [0.4, 0.5) is 0 Å². The molecule has 0 radical (unpaired) electrons. The minimum atomic E-state index is 0.679. The first-order valence-electron chi connectivity index (χ1n) is 9.28. The van der Waals surface area contributed by atoms with Crippen molar-refractivity contribution in [1.29, 1.82) is 0 Å². The molecule has 0 N–H and O–H groups in total. The highest BCUT2D eigenvalue weighted by atomic mass is 16.5. The minimum absolute atomic E-state index is 0.679. The molecule has 0 amide bonds. The van der Waals surface area contributed by atoms with E-state index in [4.69, 9.17) is 9.47 Å². The van der Waals surface area contributed by atoms with Gasteiger partial charge in [-0.15, -0.1) is 0 Å². The van der Waals surface area contributed by atoms with Crippen LogP contribution in [0.1, 0.15) is 43.2 Å². The van der Waals surface area contributed by atoms with Gasteiger partial charge in [0.2, 0.25) is 0 Å². The van der Waals surface area contributed by atoms with Gasteiger partial charge in [-0.1, -0.05) is 43.5 Å². The lowest BCUT2D eigenvalue weighted by atomic mass is 9.93. The molecule has 0 saturated heterocycles. The van der Waals surface area contributed by atoms with E-state index in [0.717, 1.165) is 24.6 Å². The fourth-order valence-corrected chi connectivity index (χ4v) is 3.69. The molecule has 0 bridgehead atoms. The summed E-state index contributed by atoms with van der Waals surface area (Å²) in [5.41, 5.74) is 2.69. The van der Waals surface area contributed by atoms with Gasteiger partial charge in [0.1, 0.15) is 11.5 Å². The standard InChI is InChI=1S/C22H29NO2/c1-24-21-12-8-18(9-13-21)16-23(20-6-4-3-5-7-20)17-19-10-14-22(25-2)15-11-19/h8-15,20H,3-7,16-17H2,1-2H3. The predicted molar refractivity (Wildman–Crippen MR) is 102 cm³/mol. The van der Waals surface area contributed by atoms with Crippen LogP contribution < -0.4 is 9.47 Å². The molecule has 3 rings (SSSR count). The largest absolute Gasteiger partial charge is 0.497 e. The van der Waals surface area contributed by atoms with E-state index in [1.165, 1.54) is 43.2 Å². The highest BCUT2D eigenvalue weighted by Gasteiger charge is 2.21. The second kappa shape index (κ2) is 8.91. The van der Waals surface area contributed by atoms with Gasteiger partial charge in [-0.05, 0) is 48.2 Å². The van der Waals surface area contributed by atoms with Gasteiger partial charge in [-0.3, -0.25) is 4.90 Å². The van der Waals surface area contributed by atoms with E-state index in [9.17, 15) is 0 Å². The smallest absolute Gasteiger partial charge is 0.118 e. The summed E-state index contributed by atoms with van der Waals surface area (Å²) in [6.07, 6.45) is 6.72. The van der Waals surface area contributed by atoms with Crippen LogP contribution in [0, 0.1) is 0 Å². The molecule has 0 unspecified atom stereocenters. The van der Waals surface area contributed by atoms with E-state index in [1.807, 2.05) is 0 Å². The van der Waals surface area contributed by atoms with E-state index in [1.54, 1.807) is 14.2 Å². The van der Waals surface area contributed by atoms with Crippen molar-refractivity contribution >= 4 is 0 Å². The molecule has 1 fully saturated rings. The van der Waals surface area contributed by atoms with E-state index in [0.29, 0.717) is 6.04 Å². The molecule has 0 aromatic heterocycles. The summed E-state index contributed by atoms with van der Waals surface area (Å²) in [5, 5.41) is 0. The molecule has 2 aromatic carbocycles. The van der Waals surface area contributed by atoms with Gasteiger partial charge < -0.3 is 9.47 Å². The third kappa shape index (κ3) is 4.99. The van der Waals surface area contributed by atoms with Crippen LogP contribution in [0.15, 0.2) is 48.5 Å². The molecular weight excluding hydrogens is 310 g/mol. The fraction of sp³-hybridized carbons (Fsp3) is 0.455. The zero-order valence-corrected chi connectivity index (χ0v) is 15.4. The number of rotatable bonds is 7. The Balaban J connectivity index is 1.73. The summed E-state index contributed by atoms with van der Waals surface area (Å²) >= 11 is 0. The molecule has 0 spiro atoms. The number of methoxy groups -OCH3 is 2. The molecule has 1 saturated carbocycles. The van der Waals surface area contributed by atoms with Gasteiger partial charge in [0.05, 0.1) is 14.2 Å². The Morgan fingerprint density at radius 1 is 0.720 bits per heavy atom. The van der Waals surface area contributed by atoms with Crippen LogP contribution in [0.2, 0.25) is 0 Å². The Morgan fingerprint density at radius 2 is 1.16 bits per heavy atom. The van der Waals surface area contributed by atoms with Crippen LogP contribution in [-0.4, -0.2) is 25.2 Å². The van der Waals surface area contributed by atoms with Gasteiger partial charge in [0.15, 0.2) is 0 Å². The van der Waals surface area contributed by atoms with Crippen molar-refractivity contribution in [2.45, 2.75) is 51.2 Å². The molecule has 1 aliphatic rings. The molecule has 3 nitrogen and oxygen atoms in total. The average Bonchev–Trinajstić information content (AvgIpc) is 2.69. The summed E-state index contributed by atoms with van der Waals surface area (Å²) in [6.45, 7) is 1.97. The van der Waals surface area contributed by atoms with Crippen LogP contribution in [0.3, 0.4) is 0 Å². The normalized spacial score (nSPS) is 15.3. The quantitative estimate of drug-likeness (QED) is 0.705. The van der Waals surface area contributed by atoms with Crippen LogP contribution in [0.5, 0.6) is 11.5 Å². The maximum Gasteiger partial charge on any atom is 0.118 e. The van der Waals surface area contributed by atoms with Crippen molar-refractivity contribution in [2.75, 3.05) is 14.2 Å². The Labute approximate surface area is 151 Å². The Kier molecular flexibility index (Phi) is 6.35. The highest BCUT2D eigenvalue weighted by Crippen LogP contribution is 2.26. The Hall–Kier alpha value is -2.00. The second-order valence-electron chi connectivity index (χ2n) is 6.89. The van der Waals surface area contributed by atoms with Crippen molar-refractivity contribution in [2.24, 2.45) is 0 Å². The first kappa shape index (κ1) is 17.8. The van der Waals surface area contributed by atoms with E-state index < -0.39 is 0 Å². The molecule has 0 atom stereocenters. The monoisotopic (exact) mass is 339 g/mol. The summed E-state index contributed by atoms with van der Waals surface area (Å²) in [6, 6.07) is 17.6. The lowest BCUT2D eigenvalue weighted by molar-refractivity contribution is 0.140. The van der Waals surface area contributed by atoms with Crippen molar-refractivity contribution in [1.82, 2.24) is 4.90 Å².